The van der Waals surface area contributed by atoms with E-state index in [1.54, 1.807) is 18.3 Å². The number of carbonyl (C=O) groups is 1. The maximum Gasteiger partial charge on any atom is 0.159 e. The largest absolute Gasteiger partial charge is 0.319 e. The zero-order chi connectivity index (χ0) is 12.5. The molecule has 2 aromatic rings. The number of para-hydroxylation sites is 1. The second-order valence-electron chi connectivity index (χ2n) is 4.45. The summed E-state index contributed by atoms with van der Waals surface area (Å²) in [6.07, 6.45) is 0.983. The average molecular weight is 248 g/mol. The van der Waals surface area contributed by atoms with Crippen LogP contribution in [0.1, 0.15) is 25.3 Å². The predicted octanol–water partition coefficient (Wildman–Crippen LogP) is 2.54. The fourth-order valence-electron chi connectivity index (χ4n) is 1.53. The van der Waals surface area contributed by atoms with E-state index in [1.807, 2.05) is 31.2 Å². The van der Waals surface area contributed by atoms with E-state index in [2.05, 4.69) is 4.98 Å². The normalized spacial score (nSPS) is 14.8. The van der Waals surface area contributed by atoms with E-state index in [-0.39, 0.29) is 5.78 Å². The third kappa shape index (κ3) is 2.53. The standard InChI is InChI=1S/C13H16N2OS/c1-3-13(2,14)11(16)8-12-15-9-6-4-5-7-10(9)17-12/h4-7H,3,8,14H2,1-2H3. The molecule has 1 unspecified atom stereocenters. The van der Waals surface area contributed by atoms with Crippen LogP contribution in [0.2, 0.25) is 0 Å². The Labute approximate surface area is 105 Å². The molecule has 1 atom stereocenters. The number of hydrogen-bond donors (Lipinski definition) is 1. The molecule has 0 saturated carbocycles. The molecule has 4 heteroatoms. The minimum absolute atomic E-state index is 0.0547. The van der Waals surface area contributed by atoms with Gasteiger partial charge < -0.3 is 5.73 Å². The second kappa shape index (κ2) is 4.55. The van der Waals surface area contributed by atoms with Crippen LogP contribution in [0.3, 0.4) is 0 Å². The first-order chi connectivity index (χ1) is 8.03. The van der Waals surface area contributed by atoms with Crippen LogP contribution in [0.5, 0.6) is 0 Å². The topological polar surface area (TPSA) is 56.0 Å². The van der Waals surface area contributed by atoms with Gasteiger partial charge >= 0.3 is 0 Å². The summed E-state index contributed by atoms with van der Waals surface area (Å²) in [5.41, 5.74) is 6.14. The minimum atomic E-state index is -0.738. The summed E-state index contributed by atoms with van der Waals surface area (Å²) in [7, 11) is 0. The third-order valence-corrected chi connectivity index (χ3v) is 4.06. The molecule has 0 fully saturated rings. The van der Waals surface area contributed by atoms with E-state index in [1.165, 1.54) is 0 Å². The van der Waals surface area contributed by atoms with Crippen molar-refractivity contribution in [3.8, 4) is 0 Å². The van der Waals surface area contributed by atoms with Crippen molar-refractivity contribution >= 4 is 27.3 Å². The van der Waals surface area contributed by atoms with Gasteiger partial charge in [0, 0.05) is 0 Å². The minimum Gasteiger partial charge on any atom is -0.319 e. The summed E-state index contributed by atoms with van der Waals surface area (Å²) in [6.45, 7) is 3.71. The van der Waals surface area contributed by atoms with Crippen molar-refractivity contribution in [3.05, 3.63) is 29.3 Å². The number of rotatable bonds is 4. The Balaban J connectivity index is 2.22. The third-order valence-electron chi connectivity index (χ3n) is 3.02. The Kier molecular flexibility index (Phi) is 3.26. The monoisotopic (exact) mass is 248 g/mol. The number of carbonyl (C=O) groups excluding carboxylic acids is 1. The Hall–Kier alpha value is -1.26. The highest BCUT2D eigenvalue weighted by Gasteiger charge is 2.26. The number of Topliss-reactive ketones (excluding diaryl/α,β-unsaturated/α-hetero) is 1. The van der Waals surface area contributed by atoms with E-state index >= 15 is 0 Å². The predicted molar refractivity (Wildman–Crippen MR) is 71.2 cm³/mol. The van der Waals surface area contributed by atoms with Crippen molar-refractivity contribution in [2.75, 3.05) is 0 Å². The maximum atomic E-state index is 12.0. The van der Waals surface area contributed by atoms with Crippen LogP contribution >= 0.6 is 11.3 Å². The van der Waals surface area contributed by atoms with Gasteiger partial charge in [-0.15, -0.1) is 11.3 Å². The van der Waals surface area contributed by atoms with Gasteiger partial charge in [-0.25, -0.2) is 4.98 Å². The Morgan fingerprint density at radius 2 is 2.18 bits per heavy atom. The van der Waals surface area contributed by atoms with Crippen molar-refractivity contribution in [2.24, 2.45) is 5.73 Å². The number of thiazole rings is 1. The highest BCUT2D eigenvalue weighted by atomic mass is 32.1. The highest BCUT2D eigenvalue weighted by molar-refractivity contribution is 7.18. The van der Waals surface area contributed by atoms with E-state index in [0.717, 1.165) is 15.2 Å². The van der Waals surface area contributed by atoms with Gasteiger partial charge in [-0.05, 0) is 25.5 Å². The number of hydrogen-bond acceptors (Lipinski definition) is 4. The molecule has 0 aliphatic heterocycles. The summed E-state index contributed by atoms with van der Waals surface area (Å²) < 4.78 is 1.12. The van der Waals surface area contributed by atoms with Crippen molar-refractivity contribution in [1.82, 2.24) is 4.98 Å². The van der Waals surface area contributed by atoms with Gasteiger partial charge in [0.05, 0.1) is 22.2 Å². The lowest BCUT2D eigenvalue weighted by molar-refractivity contribution is -0.123. The number of fused-ring (bicyclic) bond motifs is 1. The van der Waals surface area contributed by atoms with Crippen LogP contribution < -0.4 is 5.73 Å². The number of aromatic nitrogens is 1. The second-order valence-corrected chi connectivity index (χ2v) is 5.56. The number of nitrogens with zero attached hydrogens (tertiary/aromatic N) is 1. The summed E-state index contributed by atoms with van der Waals surface area (Å²) in [4.78, 5) is 16.4. The first-order valence-electron chi connectivity index (χ1n) is 5.69. The molecule has 0 bridgehead atoms. The highest BCUT2D eigenvalue weighted by Crippen LogP contribution is 2.23. The molecule has 17 heavy (non-hydrogen) atoms. The smallest absolute Gasteiger partial charge is 0.159 e. The first-order valence-corrected chi connectivity index (χ1v) is 6.51. The zero-order valence-electron chi connectivity index (χ0n) is 10.1. The van der Waals surface area contributed by atoms with Crippen molar-refractivity contribution < 1.29 is 4.79 Å². The summed E-state index contributed by atoms with van der Waals surface area (Å²) in [5.74, 6) is 0.0547. The van der Waals surface area contributed by atoms with Crippen LogP contribution in [0.4, 0.5) is 0 Å². The molecule has 0 radical (unpaired) electrons. The van der Waals surface area contributed by atoms with Crippen molar-refractivity contribution in [3.63, 3.8) is 0 Å². The van der Waals surface area contributed by atoms with Gasteiger partial charge in [-0.1, -0.05) is 19.1 Å². The average Bonchev–Trinajstić information content (AvgIpc) is 2.70. The molecule has 0 amide bonds. The zero-order valence-corrected chi connectivity index (χ0v) is 10.9. The van der Waals surface area contributed by atoms with Gasteiger partial charge in [0.25, 0.3) is 0 Å². The lowest BCUT2D eigenvalue weighted by Crippen LogP contribution is -2.45. The summed E-state index contributed by atoms with van der Waals surface area (Å²) >= 11 is 1.56. The van der Waals surface area contributed by atoms with Gasteiger partial charge in [-0.3, -0.25) is 4.79 Å². The van der Waals surface area contributed by atoms with Crippen LogP contribution in [-0.4, -0.2) is 16.3 Å². The van der Waals surface area contributed by atoms with Crippen molar-refractivity contribution in [2.45, 2.75) is 32.2 Å². The quantitative estimate of drug-likeness (QED) is 0.904. The molecule has 2 N–H and O–H groups in total. The van der Waals surface area contributed by atoms with Gasteiger partial charge in [0.2, 0.25) is 0 Å². The molecule has 1 aromatic carbocycles. The van der Waals surface area contributed by atoms with Crippen LogP contribution in [-0.2, 0) is 11.2 Å². The Morgan fingerprint density at radius 3 is 2.82 bits per heavy atom. The molecule has 1 heterocycles. The fourth-order valence-corrected chi connectivity index (χ4v) is 2.50. The molecule has 0 saturated heterocycles. The molecule has 0 aliphatic rings. The Bertz CT molecular complexity index is 512. The summed E-state index contributed by atoms with van der Waals surface area (Å²) in [5, 5.41) is 0.848. The number of ketones is 1. The van der Waals surface area contributed by atoms with Crippen LogP contribution in [0.15, 0.2) is 24.3 Å². The number of benzene rings is 1. The fraction of sp³-hybridized carbons (Fsp3) is 0.385. The molecule has 3 nitrogen and oxygen atoms in total. The molecule has 0 aliphatic carbocycles. The van der Waals surface area contributed by atoms with Crippen LogP contribution in [0.25, 0.3) is 10.2 Å². The molecular weight excluding hydrogens is 232 g/mol. The van der Waals surface area contributed by atoms with Gasteiger partial charge in [-0.2, -0.15) is 0 Å². The van der Waals surface area contributed by atoms with E-state index < -0.39 is 5.54 Å². The summed E-state index contributed by atoms with van der Waals surface area (Å²) in [6, 6.07) is 7.90. The maximum absolute atomic E-state index is 12.0. The van der Waals surface area contributed by atoms with Gasteiger partial charge in [0.1, 0.15) is 5.01 Å². The molecule has 90 valence electrons. The lowest BCUT2D eigenvalue weighted by Gasteiger charge is -2.19. The first kappa shape index (κ1) is 12.2. The van der Waals surface area contributed by atoms with Crippen LogP contribution in [0, 0.1) is 0 Å². The van der Waals surface area contributed by atoms with Crippen molar-refractivity contribution in [1.29, 1.82) is 0 Å². The van der Waals surface area contributed by atoms with E-state index in [9.17, 15) is 4.79 Å². The number of nitrogens with two attached hydrogens (primary N) is 1. The van der Waals surface area contributed by atoms with Gasteiger partial charge in [0.15, 0.2) is 5.78 Å². The van der Waals surface area contributed by atoms with E-state index in [4.69, 9.17) is 5.73 Å². The molecule has 0 spiro atoms. The van der Waals surface area contributed by atoms with E-state index in [0.29, 0.717) is 12.8 Å². The lowest BCUT2D eigenvalue weighted by atomic mass is 9.93. The Morgan fingerprint density at radius 1 is 1.47 bits per heavy atom. The molecule has 2 rings (SSSR count). The molecular formula is C13H16N2OS. The SMILES string of the molecule is CCC(C)(N)C(=O)Cc1nc2ccccc2s1. The molecule has 1 aromatic heterocycles.